The van der Waals surface area contributed by atoms with E-state index in [1.807, 2.05) is 57.7 Å². The Labute approximate surface area is 114 Å². The Bertz CT molecular complexity index is 536. The Morgan fingerprint density at radius 1 is 1.37 bits per heavy atom. The van der Waals surface area contributed by atoms with Crippen molar-refractivity contribution in [2.45, 2.75) is 19.6 Å². The van der Waals surface area contributed by atoms with Gasteiger partial charge >= 0.3 is 0 Å². The highest BCUT2D eigenvalue weighted by Crippen LogP contribution is 2.18. The van der Waals surface area contributed by atoms with Gasteiger partial charge in [-0.15, -0.1) is 0 Å². The molecule has 4 heteroatoms. The lowest BCUT2D eigenvalue weighted by atomic mass is 10.0. The number of rotatable bonds is 5. The lowest BCUT2D eigenvalue weighted by Gasteiger charge is -2.21. The van der Waals surface area contributed by atoms with Gasteiger partial charge in [0, 0.05) is 31.9 Å². The Hall–Kier alpha value is -1.65. The fraction of sp³-hybridized carbons (Fsp3) is 0.400. The molecule has 102 valence electrons. The third-order valence-corrected chi connectivity index (χ3v) is 3.24. The van der Waals surface area contributed by atoms with Gasteiger partial charge in [0.25, 0.3) is 0 Å². The van der Waals surface area contributed by atoms with E-state index in [9.17, 15) is 5.11 Å². The van der Waals surface area contributed by atoms with Gasteiger partial charge in [-0.25, -0.2) is 0 Å². The molecule has 0 saturated carbocycles. The fourth-order valence-electron chi connectivity index (χ4n) is 2.28. The summed E-state index contributed by atoms with van der Waals surface area (Å²) in [5.74, 6) is 0. The number of likely N-dealkylation sites (N-methyl/N-ethyl adjacent to an activating group) is 1. The highest BCUT2D eigenvalue weighted by atomic mass is 16.3. The molecule has 2 aromatic rings. The number of aryl methyl sites for hydroxylation is 2. The monoisotopic (exact) mass is 259 g/mol. The van der Waals surface area contributed by atoms with Crippen molar-refractivity contribution in [3.63, 3.8) is 0 Å². The van der Waals surface area contributed by atoms with Crippen molar-refractivity contribution in [1.29, 1.82) is 0 Å². The first-order chi connectivity index (χ1) is 9.06. The van der Waals surface area contributed by atoms with E-state index in [4.69, 9.17) is 0 Å². The molecule has 1 aromatic heterocycles. The third kappa shape index (κ3) is 3.66. The number of hydrogen-bond acceptors (Lipinski definition) is 3. The predicted molar refractivity (Wildman–Crippen MR) is 75.7 cm³/mol. The van der Waals surface area contributed by atoms with Crippen LogP contribution in [0.3, 0.4) is 0 Å². The summed E-state index contributed by atoms with van der Waals surface area (Å²) < 4.78 is 1.79. The molecule has 1 atom stereocenters. The lowest BCUT2D eigenvalue weighted by molar-refractivity contribution is 0.123. The number of aromatic nitrogens is 2. The van der Waals surface area contributed by atoms with E-state index in [0.717, 1.165) is 23.2 Å². The minimum absolute atomic E-state index is 0.456. The first-order valence-electron chi connectivity index (χ1n) is 6.46. The SMILES string of the molecule is Cc1ccccc1C(O)CN(C)Cc1cnn(C)c1. The molecule has 0 bridgehead atoms. The summed E-state index contributed by atoms with van der Waals surface area (Å²) in [6.07, 6.45) is 3.40. The average molecular weight is 259 g/mol. The van der Waals surface area contributed by atoms with Crippen LogP contribution in [0.5, 0.6) is 0 Å². The molecule has 0 aliphatic carbocycles. The summed E-state index contributed by atoms with van der Waals surface area (Å²) in [7, 11) is 3.92. The van der Waals surface area contributed by atoms with Crippen LogP contribution in [0.25, 0.3) is 0 Å². The van der Waals surface area contributed by atoms with E-state index >= 15 is 0 Å². The maximum atomic E-state index is 10.3. The summed E-state index contributed by atoms with van der Waals surface area (Å²) in [6, 6.07) is 7.97. The molecule has 0 aliphatic rings. The van der Waals surface area contributed by atoms with Crippen molar-refractivity contribution in [1.82, 2.24) is 14.7 Å². The summed E-state index contributed by atoms with van der Waals surface area (Å²) in [6.45, 7) is 3.43. The normalized spacial score (nSPS) is 12.9. The van der Waals surface area contributed by atoms with Gasteiger partial charge in [0.15, 0.2) is 0 Å². The summed E-state index contributed by atoms with van der Waals surface area (Å²) in [5.41, 5.74) is 3.28. The van der Waals surface area contributed by atoms with Gasteiger partial charge in [-0.05, 0) is 25.1 Å². The van der Waals surface area contributed by atoms with E-state index in [-0.39, 0.29) is 0 Å². The third-order valence-electron chi connectivity index (χ3n) is 3.24. The Morgan fingerprint density at radius 2 is 2.11 bits per heavy atom. The van der Waals surface area contributed by atoms with Crippen molar-refractivity contribution in [3.05, 3.63) is 53.3 Å². The molecule has 1 aromatic carbocycles. The lowest BCUT2D eigenvalue weighted by Crippen LogP contribution is -2.24. The number of benzene rings is 1. The maximum absolute atomic E-state index is 10.3. The molecule has 0 spiro atoms. The minimum Gasteiger partial charge on any atom is -0.387 e. The van der Waals surface area contributed by atoms with Crippen LogP contribution in [-0.4, -0.2) is 33.4 Å². The Morgan fingerprint density at radius 3 is 2.74 bits per heavy atom. The first-order valence-corrected chi connectivity index (χ1v) is 6.46. The summed E-state index contributed by atoms with van der Waals surface area (Å²) >= 11 is 0. The fourth-order valence-corrected chi connectivity index (χ4v) is 2.28. The van der Waals surface area contributed by atoms with Gasteiger partial charge in [0.2, 0.25) is 0 Å². The van der Waals surface area contributed by atoms with E-state index < -0.39 is 6.10 Å². The molecule has 2 rings (SSSR count). The first kappa shape index (κ1) is 13.8. The molecule has 0 radical (unpaired) electrons. The van der Waals surface area contributed by atoms with Gasteiger partial charge < -0.3 is 5.11 Å². The quantitative estimate of drug-likeness (QED) is 0.891. The van der Waals surface area contributed by atoms with Gasteiger partial charge in [-0.2, -0.15) is 5.10 Å². The minimum atomic E-state index is -0.456. The van der Waals surface area contributed by atoms with E-state index in [1.54, 1.807) is 4.68 Å². The number of nitrogens with zero attached hydrogens (tertiary/aromatic N) is 3. The van der Waals surface area contributed by atoms with Crippen molar-refractivity contribution in [3.8, 4) is 0 Å². The second kappa shape index (κ2) is 5.99. The molecule has 0 aliphatic heterocycles. The molecule has 1 N–H and O–H groups in total. The second-order valence-electron chi connectivity index (χ2n) is 5.09. The summed E-state index contributed by atoms with van der Waals surface area (Å²) in [5, 5.41) is 14.4. The van der Waals surface area contributed by atoms with Crippen LogP contribution in [-0.2, 0) is 13.6 Å². The Kier molecular flexibility index (Phi) is 4.35. The zero-order valence-electron chi connectivity index (χ0n) is 11.7. The smallest absolute Gasteiger partial charge is 0.0919 e. The molecular formula is C15H21N3O. The molecular weight excluding hydrogens is 238 g/mol. The standard InChI is InChI=1S/C15H21N3O/c1-12-6-4-5-7-14(12)15(19)11-17(2)9-13-8-16-18(3)10-13/h4-8,10,15,19H,9,11H2,1-3H3. The largest absolute Gasteiger partial charge is 0.387 e. The molecule has 0 amide bonds. The summed E-state index contributed by atoms with van der Waals surface area (Å²) in [4.78, 5) is 2.11. The van der Waals surface area contributed by atoms with E-state index in [2.05, 4.69) is 10.00 Å². The van der Waals surface area contributed by atoms with Gasteiger partial charge in [-0.3, -0.25) is 9.58 Å². The van der Waals surface area contributed by atoms with Crippen molar-refractivity contribution in [2.75, 3.05) is 13.6 Å². The maximum Gasteiger partial charge on any atom is 0.0919 e. The molecule has 1 heterocycles. The van der Waals surface area contributed by atoms with Crippen LogP contribution in [0, 0.1) is 6.92 Å². The van der Waals surface area contributed by atoms with Crippen LogP contribution >= 0.6 is 0 Å². The van der Waals surface area contributed by atoms with E-state index in [1.165, 1.54) is 0 Å². The van der Waals surface area contributed by atoms with Crippen LogP contribution in [0.15, 0.2) is 36.7 Å². The van der Waals surface area contributed by atoms with Gasteiger partial charge in [0.05, 0.1) is 12.3 Å². The van der Waals surface area contributed by atoms with Crippen LogP contribution < -0.4 is 0 Å². The highest BCUT2D eigenvalue weighted by Gasteiger charge is 2.13. The highest BCUT2D eigenvalue weighted by molar-refractivity contribution is 5.27. The van der Waals surface area contributed by atoms with Crippen LogP contribution in [0.2, 0.25) is 0 Å². The molecule has 19 heavy (non-hydrogen) atoms. The van der Waals surface area contributed by atoms with Crippen molar-refractivity contribution < 1.29 is 5.11 Å². The molecule has 0 saturated heterocycles. The second-order valence-corrected chi connectivity index (χ2v) is 5.09. The van der Waals surface area contributed by atoms with Crippen molar-refractivity contribution >= 4 is 0 Å². The van der Waals surface area contributed by atoms with E-state index in [0.29, 0.717) is 6.54 Å². The Balaban J connectivity index is 1.95. The topological polar surface area (TPSA) is 41.3 Å². The van der Waals surface area contributed by atoms with Crippen LogP contribution in [0.4, 0.5) is 0 Å². The average Bonchev–Trinajstić information content (AvgIpc) is 2.74. The zero-order chi connectivity index (χ0) is 13.8. The van der Waals surface area contributed by atoms with Gasteiger partial charge in [-0.1, -0.05) is 24.3 Å². The molecule has 1 unspecified atom stereocenters. The number of hydrogen-bond donors (Lipinski definition) is 1. The van der Waals surface area contributed by atoms with Crippen LogP contribution in [0.1, 0.15) is 22.8 Å². The number of aliphatic hydroxyl groups is 1. The predicted octanol–water partition coefficient (Wildman–Crippen LogP) is 1.89. The molecule has 0 fully saturated rings. The molecule has 4 nitrogen and oxygen atoms in total. The number of aliphatic hydroxyl groups excluding tert-OH is 1. The zero-order valence-corrected chi connectivity index (χ0v) is 11.7. The van der Waals surface area contributed by atoms with Crippen molar-refractivity contribution in [2.24, 2.45) is 7.05 Å². The van der Waals surface area contributed by atoms with Gasteiger partial charge in [0.1, 0.15) is 0 Å².